The van der Waals surface area contributed by atoms with Crippen LogP contribution in [0.15, 0.2) is 24.3 Å². The molecule has 0 spiro atoms. The fraction of sp³-hybridized carbons (Fsp3) is 0.333. The Bertz CT molecular complexity index is 407. The molecule has 17 heavy (non-hydrogen) atoms. The summed E-state index contributed by atoms with van der Waals surface area (Å²) in [6.07, 6.45) is 0.718. The Morgan fingerprint density at radius 3 is 2.65 bits per heavy atom. The number of hydrogen-bond acceptors (Lipinski definition) is 2. The largest absolute Gasteiger partial charge is 0.352 e. The first-order valence-electron chi connectivity index (χ1n) is 5.36. The van der Waals surface area contributed by atoms with Gasteiger partial charge in [-0.05, 0) is 18.6 Å². The van der Waals surface area contributed by atoms with E-state index in [1.807, 2.05) is 0 Å². The molecule has 5 heteroatoms. The van der Waals surface area contributed by atoms with Gasteiger partial charge in [-0.3, -0.25) is 9.59 Å². The Morgan fingerprint density at radius 2 is 2.00 bits per heavy atom. The first kappa shape index (κ1) is 13.5. The summed E-state index contributed by atoms with van der Waals surface area (Å²) in [5.74, 6) is 0.0960. The van der Waals surface area contributed by atoms with Gasteiger partial charge in [0.25, 0.3) is 5.91 Å². The van der Waals surface area contributed by atoms with Gasteiger partial charge in [-0.1, -0.05) is 12.1 Å². The van der Waals surface area contributed by atoms with E-state index in [1.165, 1.54) is 6.92 Å². The lowest BCUT2D eigenvalue weighted by Crippen LogP contribution is -2.26. The quantitative estimate of drug-likeness (QED) is 0.624. The molecule has 0 aliphatic rings. The molecule has 0 saturated heterocycles. The second-order valence-corrected chi connectivity index (χ2v) is 3.90. The van der Waals surface area contributed by atoms with Gasteiger partial charge >= 0.3 is 0 Å². The van der Waals surface area contributed by atoms with Crippen LogP contribution >= 0.6 is 11.6 Å². The van der Waals surface area contributed by atoms with Gasteiger partial charge in [0.15, 0.2) is 0 Å². The molecule has 1 aromatic carbocycles. The average molecular weight is 255 g/mol. The zero-order valence-corrected chi connectivity index (χ0v) is 10.4. The van der Waals surface area contributed by atoms with Crippen molar-refractivity contribution >= 4 is 29.1 Å². The summed E-state index contributed by atoms with van der Waals surface area (Å²) in [4.78, 5) is 22.8. The summed E-state index contributed by atoms with van der Waals surface area (Å²) >= 11 is 5.52. The highest BCUT2D eigenvalue weighted by Gasteiger charge is 2.10. The summed E-state index contributed by atoms with van der Waals surface area (Å²) in [5.41, 5.74) is 0.973. The van der Waals surface area contributed by atoms with Crippen LogP contribution in [0.5, 0.6) is 0 Å². The first-order valence-corrected chi connectivity index (χ1v) is 5.89. The van der Waals surface area contributed by atoms with E-state index in [0.29, 0.717) is 23.7 Å². The van der Waals surface area contributed by atoms with E-state index in [9.17, 15) is 9.59 Å². The summed E-state index contributed by atoms with van der Waals surface area (Å²) in [5, 5.41) is 5.36. The molecule has 2 amide bonds. The second-order valence-electron chi connectivity index (χ2n) is 3.53. The number of hydrogen-bond donors (Lipinski definition) is 2. The van der Waals surface area contributed by atoms with Crippen LogP contribution in [0.2, 0.25) is 0 Å². The molecule has 0 atom stereocenters. The Kier molecular flexibility index (Phi) is 5.49. The molecule has 1 rings (SSSR count). The van der Waals surface area contributed by atoms with Crippen LogP contribution in [-0.4, -0.2) is 24.2 Å². The summed E-state index contributed by atoms with van der Waals surface area (Å²) in [7, 11) is 0. The number of rotatable bonds is 5. The molecule has 0 fully saturated rings. The monoisotopic (exact) mass is 254 g/mol. The molecule has 4 nitrogen and oxygen atoms in total. The lowest BCUT2D eigenvalue weighted by atomic mass is 10.1. The highest BCUT2D eigenvalue weighted by molar-refractivity contribution is 6.17. The topological polar surface area (TPSA) is 58.2 Å². The Balaban J connectivity index is 2.74. The number of alkyl halides is 1. The van der Waals surface area contributed by atoms with Crippen LogP contribution in [0.4, 0.5) is 5.69 Å². The average Bonchev–Trinajstić information content (AvgIpc) is 2.29. The van der Waals surface area contributed by atoms with Crippen molar-refractivity contribution in [1.82, 2.24) is 5.32 Å². The van der Waals surface area contributed by atoms with Crippen molar-refractivity contribution in [2.45, 2.75) is 13.3 Å². The van der Waals surface area contributed by atoms with Gasteiger partial charge in [0, 0.05) is 19.3 Å². The maximum absolute atomic E-state index is 11.8. The van der Waals surface area contributed by atoms with Crippen molar-refractivity contribution in [1.29, 1.82) is 0 Å². The normalized spacial score (nSPS) is 9.76. The third-order valence-electron chi connectivity index (χ3n) is 2.08. The second kappa shape index (κ2) is 6.91. The molecule has 0 saturated carbocycles. The minimum atomic E-state index is -0.209. The van der Waals surface area contributed by atoms with E-state index in [-0.39, 0.29) is 11.8 Å². The lowest BCUT2D eigenvalue weighted by molar-refractivity contribution is -0.114. The van der Waals surface area contributed by atoms with Gasteiger partial charge in [-0.2, -0.15) is 0 Å². The van der Waals surface area contributed by atoms with E-state index in [1.54, 1.807) is 24.3 Å². The molecule has 92 valence electrons. The van der Waals surface area contributed by atoms with Gasteiger partial charge in [0.2, 0.25) is 5.91 Å². The SMILES string of the molecule is CC(=O)Nc1ccccc1C(=O)NCCCCl. The number of nitrogens with one attached hydrogen (secondary N) is 2. The minimum Gasteiger partial charge on any atom is -0.352 e. The van der Waals surface area contributed by atoms with Crippen molar-refractivity contribution < 1.29 is 9.59 Å². The zero-order valence-electron chi connectivity index (χ0n) is 9.63. The molecule has 0 aromatic heterocycles. The number of carbonyl (C=O) groups is 2. The predicted octanol–water partition coefficient (Wildman–Crippen LogP) is 2.00. The smallest absolute Gasteiger partial charge is 0.253 e. The Labute approximate surface area is 105 Å². The molecule has 2 N–H and O–H groups in total. The van der Waals surface area contributed by atoms with E-state index in [2.05, 4.69) is 10.6 Å². The van der Waals surface area contributed by atoms with Gasteiger partial charge in [-0.15, -0.1) is 11.6 Å². The predicted molar refractivity (Wildman–Crippen MR) is 68.4 cm³/mol. The molecule has 1 aromatic rings. The summed E-state index contributed by atoms with van der Waals surface area (Å²) < 4.78 is 0. The number of halogens is 1. The molecule has 0 aliphatic carbocycles. The van der Waals surface area contributed by atoms with E-state index >= 15 is 0 Å². The maximum Gasteiger partial charge on any atom is 0.253 e. The van der Waals surface area contributed by atoms with Gasteiger partial charge in [-0.25, -0.2) is 0 Å². The van der Waals surface area contributed by atoms with Gasteiger partial charge in [0.1, 0.15) is 0 Å². The molecular weight excluding hydrogens is 240 g/mol. The van der Waals surface area contributed by atoms with Crippen molar-refractivity contribution in [3.8, 4) is 0 Å². The third-order valence-corrected chi connectivity index (χ3v) is 2.35. The Morgan fingerprint density at radius 1 is 1.29 bits per heavy atom. The first-order chi connectivity index (χ1) is 8.15. The number of carbonyl (C=O) groups excluding carboxylic acids is 2. The highest BCUT2D eigenvalue weighted by atomic mass is 35.5. The fourth-order valence-electron chi connectivity index (χ4n) is 1.34. The van der Waals surface area contributed by atoms with Crippen molar-refractivity contribution in [2.75, 3.05) is 17.7 Å². The summed E-state index contributed by atoms with van der Waals surface area (Å²) in [6.45, 7) is 1.93. The molecule has 0 radical (unpaired) electrons. The maximum atomic E-state index is 11.8. The van der Waals surface area contributed by atoms with E-state index in [0.717, 1.165) is 6.42 Å². The standard InChI is InChI=1S/C12H15ClN2O2/c1-9(16)15-11-6-3-2-5-10(11)12(17)14-8-4-7-13/h2-3,5-6H,4,7-8H2,1H3,(H,14,17)(H,15,16). The van der Waals surface area contributed by atoms with E-state index in [4.69, 9.17) is 11.6 Å². The van der Waals surface area contributed by atoms with Crippen molar-refractivity contribution in [2.24, 2.45) is 0 Å². The number of para-hydroxylation sites is 1. The number of anilines is 1. The molecular formula is C12H15ClN2O2. The lowest BCUT2D eigenvalue weighted by Gasteiger charge is -2.09. The van der Waals surface area contributed by atoms with Crippen LogP contribution < -0.4 is 10.6 Å². The van der Waals surface area contributed by atoms with E-state index < -0.39 is 0 Å². The van der Waals surface area contributed by atoms with Crippen molar-refractivity contribution in [3.05, 3.63) is 29.8 Å². The fourth-order valence-corrected chi connectivity index (χ4v) is 1.48. The van der Waals surface area contributed by atoms with Crippen LogP contribution in [0.25, 0.3) is 0 Å². The van der Waals surface area contributed by atoms with Crippen LogP contribution in [0, 0.1) is 0 Å². The van der Waals surface area contributed by atoms with Crippen LogP contribution in [-0.2, 0) is 4.79 Å². The van der Waals surface area contributed by atoms with Crippen molar-refractivity contribution in [3.63, 3.8) is 0 Å². The molecule has 0 bridgehead atoms. The van der Waals surface area contributed by atoms with Crippen LogP contribution in [0.1, 0.15) is 23.7 Å². The van der Waals surface area contributed by atoms with Gasteiger partial charge in [0.05, 0.1) is 11.3 Å². The highest BCUT2D eigenvalue weighted by Crippen LogP contribution is 2.14. The zero-order chi connectivity index (χ0) is 12.7. The number of amides is 2. The third kappa shape index (κ3) is 4.44. The molecule has 0 unspecified atom stereocenters. The summed E-state index contributed by atoms with van der Waals surface area (Å²) in [6, 6.07) is 6.88. The van der Waals surface area contributed by atoms with Gasteiger partial charge < -0.3 is 10.6 Å². The van der Waals surface area contributed by atoms with Crippen LogP contribution in [0.3, 0.4) is 0 Å². The molecule has 0 heterocycles. The molecule has 0 aliphatic heterocycles. The minimum absolute atomic E-state index is 0.203. The number of benzene rings is 1. The Hall–Kier alpha value is -1.55.